The molecule has 0 amide bonds. The second kappa shape index (κ2) is 7.09. The van der Waals surface area contributed by atoms with Crippen molar-refractivity contribution in [1.82, 2.24) is 19.9 Å². The fourth-order valence-electron chi connectivity index (χ4n) is 6.81. The highest BCUT2D eigenvalue weighted by atomic mass is 14.9. The van der Waals surface area contributed by atoms with E-state index >= 15 is 0 Å². The predicted molar refractivity (Wildman–Crippen MR) is 133 cm³/mol. The first-order valence-electron chi connectivity index (χ1n) is 12.9. The van der Waals surface area contributed by atoms with Crippen LogP contribution in [0.5, 0.6) is 0 Å². The third-order valence-electron chi connectivity index (χ3n) is 8.94. The Kier molecular flexibility index (Phi) is 3.97. The van der Waals surface area contributed by atoms with Crippen molar-refractivity contribution in [1.29, 1.82) is 0 Å². The molecule has 0 radical (unpaired) electrons. The molecular formula is C30H28N4. The second-order valence-electron chi connectivity index (χ2n) is 11.2. The topological polar surface area (TPSA) is 57.4 Å². The highest BCUT2D eigenvalue weighted by molar-refractivity contribution is 5.88. The van der Waals surface area contributed by atoms with E-state index in [0.717, 1.165) is 46.4 Å². The summed E-state index contributed by atoms with van der Waals surface area (Å²) in [5.74, 6) is 14.1. The summed E-state index contributed by atoms with van der Waals surface area (Å²) in [6.45, 7) is 0. The zero-order valence-corrected chi connectivity index (χ0v) is 19.2. The molecule has 4 fully saturated rings. The number of aromatic amines is 2. The lowest BCUT2D eigenvalue weighted by Crippen LogP contribution is -1.98. The molecule has 2 unspecified atom stereocenters. The normalized spacial score (nSPS) is 30.6. The van der Waals surface area contributed by atoms with Crippen molar-refractivity contribution in [3.05, 3.63) is 71.7 Å². The van der Waals surface area contributed by atoms with Crippen LogP contribution < -0.4 is 0 Å². The van der Waals surface area contributed by atoms with Gasteiger partial charge in [0.2, 0.25) is 0 Å². The highest BCUT2D eigenvalue weighted by Gasteiger charge is 2.47. The molecule has 0 spiro atoms. The van der Waals surface area contributed by atoms with Crippen LogP contribution in [0, 0.1) is 35.5 Å². The van der Waals surface area contributed by atoms with Crippen LogP contribution in [0.4, 0.5) is 0 Å². The summed E-state index contributed by atoms with van der Waals surface area (Å²) in [4.78, 5) is 16.4. The van der Waals surface area contributed by atoms with Crippen molar-refractivity contribution >= 4 is 10.8 Å². The first kappa shape index (κ1) is 19.0. The highest BCUT2D eigenvalue weighted by Crippen LogP contribution is 2.57. The summed E-state index contributed by atoms with van der Waals surface area (Å²) in [7, 11) is 0. The summed E-state index contributed by atoms with van der Waals surface area (Å²) in [6.07, 6.45) is 12.0. The predicted octanol–water partition coefficient (Wildman–Crippen LogP) is 6.38. The molecule has 6 atom stereocenters. The van der Waals surface area contributed by atoms with Gasteiger partial charge in [-0.25, -0.2) is 9.97 Å². The van der Waals surface area contributed by atoms with Crippen LogP contribution in [-0.4, -0.2) is 19.9 Å². The van der Waals surface area contributed by atoms with Gasteiger partial charge in [-0.1, -0.05) is 24.1 Å². The summed E-state index contributed by atoms with van der Waals surface area (Å²) in [5, 5.41) is 2.44. The SMILES string of the molecule is C(#Cc1cnc(C2C[C@@H]3C[C@@H]3C2)[nH]1)c1ccc2cc(-c3cnc(C4C[C@@H]5C[C@@H]5C4)[nH]3)ccc2c1. The lowest BCUT2D eigenvalue weighted by atomic mass is 10.0. The molecule has 4 aromatic rings. The number of nitrogens with zero attached hydrogens (tertiary/aromatic N) is 2. The zero-order valence-electron chi connectivity index (χ0n) is 19.2. The molecular weight excluding hydrogens is 416 g/mol. The first-order chi connectivity index (χ1) is 16.7. The van der Waals surface area contributed by atoms with Gasteiger partial charge in [0.1, 0.15) is 17.3 Å². The van der Waals surface area contributed by atoms with Gasteiger partial charge < -0.3 is 9.97 Å². The number of imidazole rings is 2. The largest absolute Gasteiger partial charge is 0.342 e. The lowest BCUT2D eigenvalue weighted by Gasteiger charge is -2.07. The number of H-pyrrole nitrogens is 2. The number of aromatic nitrogens is 4. The maximum Gasteiger partial charge on any atom is 0.110 e. The minimum absolute atomic E-state index is 0.615. The van der Waals surface area contributed by atoms with Gasteiger partial charge in [0, 0.05) is 23.0 Å². The molecule has 4 aliphatic rings. The Hall–Kier alpha value is -3.32. The Morgan fingerprint density at radius 3 is 2.06 bits per heavy atom. The molecule has 4 heteroatoms. The minimum Gasteiger partial charge on any atom is -0.342 e. The molecule has 2 aromatic heterocycles. The van der Waals surface area contributed by atoms with Crippen LogP contribution >= 0.6 is 0 Å². The second-order valence-corrected chi connectivity index (χ2v) is 11.2. The van der Waals surface area contributed by atoms with Crippen LogP contribution in [-0.2, 0) is 0 Å². The van der Waals surface area contributed by atoms with Gasteiger partial charge >= 0.3 is 0 Å². The molecule has 8 rings (SSSR count). The Bertz CT molecular complexity index is 1460. The van der Waals surface area contributed by atoms with Gasteiger partial charge in [-0.3, -0.25) is 0 Å². The van der Waals surface area contributed by atoms with Gasteiger partial charge in [0.15, 0.2) is 0 Å². The van der Waals surface area contributed by atoms with E-state index in [9.17, 15) is 0 Å². The fraction of sp³-hybridized carbons (Fsp3) is 0.400. The summed E-state index contributed by atoms with van der Waals surface area (Å²) >= 11 is 0. The monoisotopic (exact) mass is 444 g/mol. The van der Waals surface area contributed by atoms with Gasteiger partial charge in [-0.15, -0.1) is 0 Å². The number of benzene rings is 2. The molecule has 4 nitrogen and oxygen atoms in total. The first-order valence-corrected chi connectivity index (χ1v) is 12.9. The Morgan fingerprint density at radius 1 is 0.647 bits per heavy atom. The number of hydrogen-bond donors (Lipinski definition) is 2. The molecule has 2 N–H and O–H groups in total. The molecule has 0 saturated heterocycles. The van der Waals surface area contributed by atoms with E-state index in [1.54, 1.807) is 0 Å². The Labute approximate surface area is 199 Å². The molecule has 4 saturated carbocycles. The summed E-state index contributed by atoms with van der Waals surface area (Å²) < 4.78 is 0. The van der Waals surface area contributed by atoms with E-state index in [1.807, 2.05) is 12.4 Å². The average Bonchev–Trinajstić information content (AvgIpc) is 3.44. The van der Waals surface area contributed by atoms with Gasteiger partial charge in [-0.05, 0) is 97.1 Å². The van der Waals surface area contributed by atoms with Crippen LogP contribution in [0.3, 0.4) is 0 Å². The third-order valence-corrected chi connectivity index (χ3v) is 8.94. The zero-order chi connectivity index (χ0) is 22.2. The molecule has 2 heterocycles. The molecule has 34 heavy (non-hydrogen) atoms. The van der Waals surface area contributed by atoms with Gasteiger partial charge in [-0.2, -0.15) is 0 Å². The van der Waals surface area contributed by atoms with E-state index in [-0.39, 0.29) is 0 Å². The quantitative estimate of drug-likeness (QED) is 0.360. The smallest absolute Gasteiger partial charge is 0.110 e. The standard InChI is InChI=1S/C30H28N4/c1-3-19-8-20(28-16-32-30(34-28)26-13-23-10-24(23)14-26)5-4-18(19)7-17(1)2-6-27-15-31-29(33-27)25-11-21-9-22(21)12-25/h1,3-5,7-8,15-16,21-26H,9-14H2,(H,31,33)(H,32,34)/t21-,22+,23-,24+,25?,26?. The van der Waals surface area contributed by atoms with Gasteiger partial charge in [0.05, 0.1) is 18.1 Å². The number of fused-ring (bicyclic) bond motifs is 3. The summed E-state index contributed by atoms with van der Waals surface area (Å²) in [5.41, 5.74) is 4.27. The maximum atomic E-state index is 4.73. The Balaban J connectivity index is 1.00. The third kappa shape index (κ3) is 3.29. The molecule has 4 aliphatic carbocycles. The van der Waals surface area contributed by atoms with Crippen LogP contribution in [0.15, 0.2) is 48.8 Å². The molecule has 168 valence electrons. The van der Waals surface area contributed by atoms with Crippen molar-refractivity contribution in [2.45, 2.75) is 50.4 Å². The van der Waals surface area contributed by atoms with Crippen molar-refractivity contribution in [3.8, 4) is 23.1 Å². The van der Waals surface area contributed by atoms with Crippen molar-refractivity contribution < 1.29 is 0 Å². The molecule has 0 aliphatic heterocycles. The maximum absolute atomic E-state index is 4.73. The van der Waals surface area contributed by atoms with E-state index in [1.165, 1.54) is 60.7 Å². The lowest BCUT2D eigenvalue weighted by molar-refractivity contribution is 0.595. The minimum atomic E-state index is 0.615. The number of hydrogen-bond acceptors (Lipinski definition) is 2. The van der Waals surface area contributed by atoms with Crippen molar-refractivity contribution in [3.63, 3.8) is 0 Å². The number of nitrogens with one attached hydrogen (secondary N) is 2. The van der Waals surface area contributed by atoms with E-state index in [0.29, 0.717) is 11.8 Å². The average molecular weight is 445 g/mol. The Morgan fingerprint density at radius 2 is 1.29 bits per heavy atom. The van der Waals surface area contributed by atoms with Gasteiger partial charge in [0.25, 0.3) is 0 Å². The van der Waals surface area contributed by atoms with E-state index in [2.05, 4.69) is 63.2 Å². The van der Waals surface area contributed by atoms with Crippen LogP contribution in [0.25, 0.3) is 22.0 Å². The van der Waals surface area contributed by atoms with Crippen LogP contribution in [0.1, 0.15) is 73.3 Å². The summed E-state index contributed by atoms with van der Waals surface area (Å²) in [6, 6.07) is 13.1. The van der Waals surface area contributed by atoms with Crippen LogP contribution in [0.2, 0.25) is 0 Å². The fourth-order valence-corrected chi connectivity index (χ4v) is 6.81. The number of rotatable bonds is 3. The van der Waals surface area contributed by atoms with E-state index in [4.69, 9.17) is 4.98 Å². The van der Waals surface area contributed by atoms with Crippen molar-refractivity contribution in [2.24, 2.45) is 23.7 Å². The van der Waals surface area contributed by atoms with Crippen molar-refractivity contribution in [2.75, 3.05) is 0 Å². The molecule has 2 aromatic carbocycles. The molecule has 0 bridgehead atoms. The van der Waals surface area contributed by atoms with E-state index < -0.39 is 0 Å².